The molecule has 3 N–H and O–H groups in total. The van der Waals surface area contributed by atoms with Gasteiger partial charge in [0.2, 0.25) is 0 Å². The first-order valence-electron chi connectivity index (χ1n) is 6.10. The Bertz CT molecular complexity index is 549. The van der Waals surface area contributed by atoms with E-state index in [1.54, 1.807) is 13.1 Å². The minimum Gasteiger partial charge on any atom is -0.485 e. The lowest BCUT2D eigenvalue weighted by Crippen LogP contribution is -2.09. The van der Waals surface area contributed by atoms with Gasteiger partial charge in [-0.3, -0.25) is 0 Å². The molecular weight excluding hydrogens is 279 g/mol. The third kappa shape index (κ3) is 4.11. The Labute approximate surface area is 124 Å². The molecule has 0 aromatic heterocycles. The third-order valence-corrected chi connectivity index (χ3v) is 2.74. The maximum Gasteiger partial charge on any atom is 0.167 e. The summed E-state index contributed by atoms with van der Waals surface area (Å²) in [5.74, 6) is -0.173. The van der Waals surface area contributed by atoms with Crippen LogP contribution < -0.4 is 15.8 Å². The van der Waals surface area contributed by atoms with Crippen LogP contribution in [0.5, 0.6) is 5.75 Å². The van der Waals surface area contributed by atoms with Crippen LogP contribution in [-0.2, 0) is 13.2 Å². The molecule has 5 heteroatoms. The predicted molar refractivity (Wildman–Crippen MR) is 81.6 cm³/mol. The van der Waals surface area contributed by atoms with E-state index in [2.05, 4.69) is 5.32 Å². The van der Waals surface area contributed by atoms with Crippen LogP contribution in [0, 0.1) is 5.82 Å². The van der Waals surface area contributed by atoms with Gasteiger partial charge in [0, 0.05) is 23.9 Å². The lowest BCUT2D eigenvalue weighted by molar-refractivity contribution is 0.286. The first-order valence-corrected chi connectivity index (χ1v) is 6.10. The van der Waals surface area contributed by atoms with Crippen molar-refractivity contribution >= 4 is 18.1 Å². The van der Waals surface area contributed by atoms with Crippen molar-refractivity contribution in [3.8, 4) is 5.75 Å². The van der Waals surface area contributed by atoms with E-state index in [1.807, 2.05) is 30.3 Å². The van der Waals surface area contributed by atoms with Crippen LogP contribution in [0.1, 0.15) is 11.1 Å². The number of anilines is 1. The zero-order chi connectivity index (χ0) is 13.7. The average Bonchev–Trinajstić information content (AvgIpc) is 2.39. The van der Waals surface area contributed by atoms with Crippen LogP contribution in [-0.4, -0.2) is 7.05 Å². The van der Waals surface area contributed by atoms with Crippen molar-refractivity contribution in [2.24, 2.45) is 0 Å². The van der Waals surface area contributed by atoms with Gasteiger partial charge in [-0.25, -0.2) is 4.39 Å². The molecule has 0 saturated carbocycles. The van der Waals surface area contributed by atoms with Crippen molar-refractivity contribution in [2.75, 3.05) is 12.8 Å². The number of rotatable bonds is 5. The molecule has 0 bridgehead atoms. The standard InChI is InChI=1S/C15H17FN2O.ClH/c1-18-9-12-7-13(17)8-14(16)15(12)19-10-11-5-3-2-4-6-11;/h2-8,18H,9-10,17H2,1H3;1H. The zero-order valence-electron chi connectivity index (χ0n) is 11.2. The third-order valence-electron chi connectivity index (χ3n) is 2.74. The number of hydrogen-bond donors (Lipinski definition) is 2. The number of ether oxygens (including phenoxy) is 1. The molecule has 2 aromatic rings. The summed E-state index contributed by atoms with van der Waals surface area (Å²) in [5, 5.41) is 2.97. The first-order chi connectivity index (χ1) is 9.20. The summed E-state index contributed by atoms with van der Waals surface area (Å²) in [6, 6.07) is 12.7. The van der Waals surface area contributed by atoms with E-state index in [9.17, 15) is 4.39 Å². The van der Waals surface area contributed by atoms with Gasteiger partial charge in [0.25, 0.3) is 0 Å². The maximum atomic E-state index is 13.9. The van der Waals surface area contributed by atoms with Gasteiger partial charge in [0.1, 0.15) is 6.61 Å². The van der Waals surface area contributed by atoms with Gasteiger partial charge in [-0.15, -0.1) is 12.4 Å². The summed E-state index contributed by atoms with van der Waals surface area (Å²) in [6.07, 6.45) is 0. The summed E-state index contributed by atoms with van der Waals surface area (Å²) >= 11 is 0. The molecule has 0 fully saturated rings. The van der Waals surface area contributed by atoms with Crippen LogP contribution in [0.2, 0.25) is 0 Å². The zero-order valence-corrected chi connectivity index (χ0v) is 12.0. The highest BCUT2D eigenvalue weighted by molar-refractivity contribution is 5.85. The van der Waals surface area contributed by atoms with Crippen LogP contribution in [0.25, 0.3) is 0 Å². The molecule has 0 atom stereocenters. The van der Waals surface area contributed by atoms with E-state index < -0.39 is 5.82 Å². The Morgan fingerprint density at radius 3 is 2.55 bits per heavy atom. The van der Waals surface area contributed by atoms with Gasteiger partial charge in [-0.05, 0) is 18.7 Å². The lowest BCUT2D eigenvalue weighted by Gasteiger charge is -2.13. The second-order valence-electron chi connectivity index (χ2n) is 4.30. The first kappa shape index (κ1) is 16.3. The number of nitrogen functional groups attached to an aromatic ring is 1. The molecule has 0 heterocycles. The van der Waals surface area contributed by atoms with Crippen LogP contribution >= 0.6 is 12.4 Å². The molecule has 0 aliphatic heterocycles. The van der Waals surface area contributed by atoms with E-state index in [0.717, 1.165) is 11.1 Å². The van der Waals surface area contributed by atoms with E-state index >= 15 is 0 Å². The maximum absolute atomic E-state index is 13.9. The molecule has 0 radical (unpaired) electrons. The lowest BCUT2D eigenvalue weighted by atomic mass is 10.1. The van der Waals surface area contributed by atoms with Gasteiger partial charge in [-0.2, -0.15) is 0 Å². The fraction of sp³-hybridized carbons (Fsp3) is 0.200. The van der Waals surface area contributed by atoms with Crippen LogP contribution in [0.4, 0.5) is 10.1 Å². The summed E-state index contributed by atoms with van der Waals surface area (Å²) in [4.78, 5) is 0. The largest absolute Gasteiger partial charge is 0.485 e. The van der Waals surface area contributed by atoms with Crippen molar-refractivity contribution in [3.63, 3.8) is 0 Å². The summed E-state index contributed by atoms with van der Waals surface area (Å²) in [5.41, 5.74) is 7.75. The van der Waals surface area contributed by atoms with E-state index in [4.69, 9.17) is 10.5 Å². The van der Waals surface area contributed by atoms with Gasteiger partial charge < -0.3 is 15.8 Å². The second kappa shape index (κ2) is 7.72. The fourth-order valence-corrected chi connectivity index (χ4v) is 1.89. The molecule has 0 aliphatic rings. The Morgan fingerprint density at radius 2 is 1.90 bits per heavy atom. The van der Waals surface area contributed by atoms with Crippen molar-refractivity contribution in [2.45, 2.75) is 13.2 Å². The molecule has 0 saturated heterocycles. The fourth-order valence-electron chi connectivity index (χ4n) is 1.89. The minimum atomic E-state index is -0.429. The summed E-state index contributed by atoms with van der Waals surface area (Å²) < 4.78 is 19.5. The van der Waals surface area contributed by atoms with Crippen molar-refractivity contribution < 1.29 is 9.13 Å². The van der Waals surface area contributed by atoms with Crippen molar-refractivity contribution in [3.05, 3.63) is 59.4 Å². The molecule has 0 aliphatic carbocycles. The smallest absolute Gasteiger partial charge is 0.167 e. The van der Waals surface area contributed by atoms with E-state index in [1.165, 1.54) is 6.07 Å². The molecule has 2 rings (SSSR count). The number of benzene rings is 2. The Morgan fingerprint density at radius 1 is 1.20 bits per heavy atom. The molecular formula is C15H18ClFN2O. The van der Waals surface area contributed by atoms with Gasteiger partial charge in [0.05, 0.1) is 0 Å². The summed E-state index contributed by atoms with van der Waals surface area (Å²) in [7, 11) is 1.79. The Balaban J connectivity index is 0.00000200. The highest BCUT2D eigenvalue weighted by Crippen LogP contribution is 2.26. The highest BCUT2D eigenvalue weighted by atomic mass is 35.5. The van der Waals surface area contributed by atoms with E-state index in [0.29, 0.717) is 18.8 Å². The Hall–Kier alpha value is -1.78. The van der Waals surface area contributed by atoms with E-state index in [-0.39, 0.29) is 18.2 Å². The summed E-state index contributed by atoms with van der Waals surface area (Å²) in [6.45, 7) is 0.838. The normalized spacial score (nSPS) is 9.90. The van der Waals surface area contributed by atoms with Crippen LogP contribution in [0.15, 0.2) is 42.5 Å². The molecule has 0 amide bonds. The average molecular weight is 297 g/mol. The van der Waals surface area contributed by atoms with Crippen molar-refractivity contribution in [1.82, 2.24) is 5.32 Å². The molecule has 0 unspecified atom stereocenters. The van der Waals surface area contributed by atoms with Crippen molar-refractivity contribution in [1.29, 1.82) is 0 Å². The molecule has 108 valence electrons. The molecule has 2 aromatic carbocycles. The SMILES string of the molecule is CNCc1cc(N)cc(F)c1OCc1ccccc1.Cl. The second-order valence-corrected chi connectivity index (χ2v) is 4.30. The van der Waals surface area contributed by atoms with Gasteiger partial charge in [-0.1, -0.05) is 30.3 Å². The monoisotopic (exact) mass is 296 g/mol. The topological polar surface area (TPSA) is 47.3 Å². The predicted octanol–water partition coefficient (Wildman–Crippen LogP) is 3.13. The minimum absolute atomic E-state index is 0. The van der Waals surface area contributed by atoms with Crippen LogP contribution in [0.3, 0.4) is 0 Å². The highest BCUT2D eigenvalue weighted by Gasteiger charge is 2.11. The van der Waals surface area contributed by atoms with Gasteiger partial charge in [0.15, 0.2) is 11.6 Å². The number of hydrogen-bond acceptors (Lipinski definition) is 3. The Kier molecular flexibility index (Phi) is 6.28. The number of halogens is 2. The van der Waals surface area contributed by atoms with Gasteiger partial charge >= 0.3 is 0 Å². The quantitative estimate of drug-likeness (QED) is 0.833. The number of nitrogens with one attached hydrogen (secondary N) is 1. The molecule has 3 nitrogen and oxygen atoms in total. The number of nitrogens with two attached hydrogens (primary N) is 1. The molecule has 20 heavy (non-hydrogen) atoms. The molecule has 0 spiro atoms.